The SMILES string of the molecule is COc1ccccc1C1C(C(=O)O)=C(c2ccc3c(c2)OCO3)c2ccccc21. The largest absolute Gasteiger partial charge is 0.496 e. The van der Waals surface area contributed by atoms with Gasteiger partial charge >= 0.3 is 5.97 Å². The zero-order chi connectivity index (χ0) is 20.0. The van der Waals surface area contributed by atoms with Crippen LogP contribution in [0.5, 0.6) is 17.2 Å². The number of fused-ring (bicyclic) bond motifs is 2. The number of carboxylic acid groups (broad SMARTS) is 1. The molecule has 0 spiro atoms. The molecular formula is C24H18O5. The first-order chi connectivity index (χ1) is 14.2. The van der Waals surface area contributed by atoms with Gasteiger partial charge in [-0.25, -0.2) is 4.79 Å². The fourth-order valence-corrected chi connectivity index (χ4v) is 4.24. The molecule has 1 atom stereocenters. The Bertz CT molecular complexity index is 1160. The smallest absolute Gasteiger partial charge is 0.333 e. The number of carbonyl (C=O) groups is 1. The molecule has 0 saturated carbocycles. The molecule has 5 nitrogen and oxygen atoms in total. The summed E-state index contributed by atoms with van der Waals surface area (Å²) in [5.74, 6) is 0.569. The van der Waals surface area contributed by atoms with Gasteiger partial charge in [0, 0.05) is 17.1 Å². The highest BCUT2D eigenvalue weighted by atomic mass is 16.7. The topological polar surface area (TPSA) is 65.0 Å². The molecular weight excluding hydrogens is 368 g/mol. The molecule has 0 fully saturated rings. The van der Waals surface area contributed by atoms with E-state index in [1.807, 2.05) is 66.7 Å². The second-order valence-electron chi connectivity index (χ2n) is 6.92. The second-order valence-corrected chi connectivity index (χ2v) is 6.92. The van der Waals surface area contributed by atoms with E-state index in [4.69, 9.17) is 14.2 Å². The van der Waals surface area contributed by atoms with Crippen LogP contribution in [0.2, 0.25) is 0 Å². The minimum absolute atomic E-state index is 0.171. The van der Waals surface area contributed by atoms with Crippen LogP contribution in [0, 0.1) is 0 Å². The minimum atomic E-state index is -0.954. The number of benzene rings is 3. The van der Waals surface area contributed by atoms with Crippen LogP contribution in [-0.2, 0) is 4.79 Å². The average molecular weight is 386 g/mol. The van der Waals surface area contributed by atoms with Crippen molar-refractivity contribution in [3.63, 3.8) is 0 Å². The molecule has 5 rings (SSSR count). The highest BCUT2D eigenvalue weighted by molar-refractivity contribution is 6.07. The van der Waals surface area contributed by atoms with Crippen molar-refractivity contribution in [1.82, 2.24) is 0 Å². The maximum atomic E-state index is 12.5. The van der Waals surface area contributed by atoms with Gasteiger partial charge in [-0.1, -0.05) is 48.5 Å². The summed E-state index contributed by atoms with van der Waals surface area (Å²) in [6.07, 6.45) is 0. The maximum Gasteiger partial charge on any atom is 0.333 e. The summed E-state index contributed by atoms with van der Waals surface area (Å²) in [5.41, 5.74) is 4.49. The molecule has 0 amide bonds. The van der Waals surface area contributed by atoms with Gasteiger partial charge in [-0.15, -0.1) is 0 Å². The molecule has 0 aromatic heterocycles. The number of hydrogen-bond donors (Lipinski definition) is 1. The van der Waals surface area contributed by atoms with E-state index in [9.17, 15) is 9.90 Å². The van der Waals surface area contributed by atoms with Crippen molar-refractivity contribution in [3.05, 3.63) is 94.6 Å². The quantitative estimate of drug-likeness (QED) is 0.717. The third-order valence-corrected chi connectivity index (χ3v) is 5.44. The van der Waals surface area contributed by atoms with Crippen LogP contribution in [0.1, 0.15) is 28.2 Å². The lowest BCUT2D eigenvalue weighted by Crippen LogP contribution is -2.11. The second kappa shape index (κ2) is 6.71. The first-order valence-electron chi connectivity index (χ1n) is 9.28. The molecule has 0 saturated heterocycles. The minimum Gasteiger partial charge on any atom is -0.496 e. The average Bonchev–Trinajstić information content (AvgIpc) is 3.35. The van der Waals surface area contributed by atoms with E-state index >= 15 is 0 Å². The highest BCUT2D eigenvalue weighted by Gasteiger charge is 2.38. The Morgan fingerprint density at radius 1 is 0.966 bits per heavy atom. The van der Waals surface area contributed by atoms with Crippen molar-refractivity contribution in [2.24, 2.45) is 0 Å². The van der Waals surface area contributed by atoms with Crippen LogP contribution in [0.3, 0.4) is 0 Å². The number of hydrogen-bond acceptors (Lipinski definition) is 4. The van der Waals surface area contributed by atoms with Gasteiger partial charge in [-0.2, -0.15) is 0 Å². The van der Waals surface area contributed by atoms with E-state index in [1.165, 1.54) is 0 Å². The van der Waals surface area contributed by atoms with Crippen LogP contribution in [-0.4, -0.2) is 25.0 Å². The number of ether oxygens (including phenoxy) is 3. The van der Waals surface area contributed by atoms with E-state index in [2.05, 4.69) is 0 Å². The molecule has 1 heterocycles. The Balaban J connectivity index is 1.79. The fraction of sp³-hybridized carbons (Fsp3) is 0.125. The first-order valence-corrected chi connectivity index (χ1v) is 9.28. The Kier molecular flexibility index (Phi) is 4.02. The summed E-state index contributed by atoms with van der Waals surface area (Å²) in [6, 6.07) is 20.9. The number of methoxy groups -OCH3 is 1. The lowest BCUT2D eigenvalue weighted by Gasteiger charge is -2.18. The van der Waals surface area contributed by atoms with Gasteiger partial charge in [-0.05, 0) is 34.9 Å². The molecule has 3 aromatic rings. The van der Waals surface area contributed by atoms with Gasteiger partial charge in [0.1, 0.15) is 5.75 Å². The Morgan fingerprint density at radius 2 is 1.69 bits per heavy atom. The summed E-state index contributed by atoms with van der Waals surface area (Å²) < 4.78 is 16.5. The fourth-order valence-electron chi connectivity index (χ4n) is 4.24. The predicted octanol–water partition coefficient (Wildman–Crippen LogP) is 4.46. The molecule has 0 radical (unpaired) electrons. The van der Waals surface area contributed by atoms with E-state index in [1.54, 1.807) is 7.11 Å². The lowest BCUT2D eigenvalue weighted by atomic mass is 9.87. The van der Waals surface area contributed by atoms with Crippen molar-refractivity contribution < 1.29 is 24.1 Å². The van der Waals surface area contributed by atoms with Crippen LogP contribution in [0.25, 0.3) is 5.57 Å². The van der Waals surface area contributed by atoms with Gasteiger partial charge in [0.25, 0.3) is 0 Å². The summed E-state index contributed by atoms with van der Waals surface area (Å²) in [5, 5.41) is 10.3. The summed E-state index contributed by atoms with van der Waals surface area (Å²) in [6.45, 7) is 0.171. The van der Waals surface area contributed by atoms with Gasteiger partial charge in [0.2, 0.25) is 6.79 Å². The lowest BCUT2D eigenvalue weighted by molar-refractivity contribution is -0.132. The van der Waals surface area contributed by atoms with Gasteiger partial charge in [0.15, 0.2) is 11.5 Å². The zero-order valence-electron chi connectivity index (χ0n) is 15.7. The highest BCUT2D eigenvalue weighted by Crippen LogP contribution is 2.51. The zero-order valence-corrected chi connectivity index (χ0v) is 15.7. The summed E-state index contributed by atoms with van der Waals surface area (Å²) >= 11 is 0. The van der Waals surface area contributed by atoms with Crippen LogP contribution >= 0.6 is 0 Å². The molecule has 29 heavy (non-hydrogen) atoms. The maximum absolute atomic E-state index is 12.5. The molecule has 144 valence electrons. The molecule has 1 aliphatic carbocycles. The summed E-state index contributed by atoms with van der Waals surface area (Å²) in [4.78, 5) is 12.5. The van der Waals surface area contributed by atoms with Crippen molar-refractivity contribution in [2.45, 2.75) is 5.92 Å². The predicted molar refractivity (Wildman–Crippen MR) is 108 cm³/mol. The standard InChI is InChI=1S/C24H18O5/c1-27-18-9-5-4-8-17(18)22-16-7-3-2-6-15(16)21(23(22)24(25)26)14-10-11-19-20(12-14)29-13-28-19/h2-12,22H,13H2,1H3,(H,25,26). The van der Waals surface area contributed by atoms with Crippen molar-refractivity contribution in [1.29, 1.82) is 0 Å². The number of aliphatic carboxylic acids is 1. The summed E-state index contributed by atoms with van der Waals surface area (Å²) in [7, 11) is 1.60. The van der Waals surface area contributed by atoms with Gasteiger partial charge in [0.05, 0.1) is 12.7 Å². The number of rotatable bonds is 4. The Hall–Kier alpha value is -3.73. The van der Waals surface area contributed by atoms with Gasteiger partial charge in [-0.3, -0.25) is 0 Å². The molecule has 5 heteroatoms. The Morgan fingerprint density at radius 3 is 2.48 bits per heavy atom. The van der Waals surface area contributed by atoms with Crippen molar-refractivity contribution in [2.75, 3.05) is 13.9 Å². The van der Waals surface area contributed by atoms with E-state index in [0.717, 1.165) is 22.3 Å². The third kappa shape index (κ3) is 2.66. The normalized spacial score (nSPS) is 16.7. The van der Waals surface area contributed by atoms with E-state index in [0.29, 0.717) is 28.4 Å². The van der Waals surface area contributed by atoms with Gasteiger partial charge < -0.3 is 19.3 Å². The molecule has 1 unspecified atom stereocenters. The molecule has 0 bridgehead atoms. The van der Waals surface area contributed by atoms with Crippen molar-refractivity contribution in [3.8, 4) is 17.2 Å². The third-order valence-electron chi connectivity index (χ3n) is 5.44. The number of para-hydroxylation sites is 1. The molecule has 3 aromatic carbocycles. The van der Waals surface area contributed by atoms with Crippen LogP contribution in [0.4, 0.5) is 0 Å². The van der Waals surface area contributed by atoms with Crippen LogP contribution < -0.4 is 14.2 Å². The van der Waals surface area contributed by atoms with E-state index < -0.39 is 11.9 Å². The van der Waals surface area contributed by atoms with E-state index in [-0.39, 0.29) is 6.79 Å². The molecule has 1 N–H and O–H groups in total. The first kappa shape index (κ1) is 17.4. The van der Waals surface area contributed by atoms with Crippen molar-refractivity contribution >= 4 is 11.5 Å². The molecule has 2 aliphatic rings. The number of carboxylic acids is 1. The van der Waals surface area contributed by atoms with Crippen LogP contribution in [0.15, 0.2) is 72.3 Å². The Labute approximate surface area is 167 Å². The monoisotopic (exact) mass is 386 g/mol. The molecule has 1 aliphatic heterocycles.